The number of halogens is 1. The first-order chi connectivity index (χ1) is 9.51. The Morgan fingerprint density at radius 3 is 2.70 bits per heavy atom. The molecule has 3 nitrogen and oxygen atoms in total. The third kappa shape index (κ3) is 2.38. The molecule has 0 aliphatic rings. The van der Waals surface area contributed by atoms with E-state index in [1.165, 1.54) is 17.4 Å². The average molecular weight is 294 g/mol. The highest BCUT2D eigenvalue weighted by Crippen LogP contribution is 2.36. The number of rotatable bonds is 4. The SMILES string of the molecule is CCC(C)N(CC)C(=O)c1sc2cccc(F)c2c1N. The van der Waals surface area contributed by atoms with Crippen molar-refractivity contribution in [2.24, 2.45) is 0 Å². The van der Waals surface area contributed by atoms with Gasteiger partial charge in [-0.3, -0.25) is 4.79 Å². The van der Waals surface area contributed by atoms with Crippen molar-refractivity contribution in [3.8, 4) is 0 Å². The van der Waals surface area contributed by atoms with Crippen molar-refractivity contribution in [3.05, 3.63) is 28.9 Å². The highest BCUT2D eigenvalue weighted by Gasteiger charge is 2.24. The summed E-state index contributed by atoms with van der Waals surface area (Å²) < 4.78 is 14.5. The molecule has 108 valence electrons. The fourth-order valence-electron chi connectivity index (χ4n) is 2.29. The largest absolute Gasteiger partial charge is 0.397 e. The van der Waals surface area contributed by atoms with Gasteiger partial charge in [-0.25, -0.2) is 4.39 Å². The first-order valence-corrected chi connectivity index (χ1v) is 7.60. The Labute approximate surface area is 122 Å². The Morgan fingerprint density at radius 1 is 1.45 bits per heavy atom. The molecule has 2 N–H and O–H groups in total. The van der Waals surface area contributed by atoms with Gasteiger partial charge in [0.05, 0.1) is 11.1 Å². The molecule has 2 aromatic rings. The maximum absolute atomic E-state index is 13.8. The van der Waals surface area contributed by atoms with E-state index in [1.54, 1.807) is 17.0 Å². The van der Waals surface area contributed by atoms with Crippen LogP contribution in [0.25, 0.3) is 10.1 Å². The Hall–Kier alpha value is -1.62. The number of nitrogen functional groups attached to an aromatic ring is 1. The van der Waals surface area contributed by atoms with Crippen molar-refractivity contribution in [2.45, 2.75) is 33.2 Å². The van der Waals surface area contributed by atoms with Crippen LogP contribution in [0.1, 0.15) is 36.9 Å². The number of thiophene rings is 1. The predicted molar refractivity (Wildman–Crippen MR) is 82.7 cm³/mol. The minimum absolute atomic E-state index is 0.111. The molecule has 5 heteroatoms. The standard InChI is InChI=1S/C15H19FN2OS/c1-4-9(3)18(5-2)15(19)14-13(17)12-10(16)7-6-8-11(12)20-14/h6-9H,4-5,17H2,1-3H3. The average Bonchev–Trinajstić information content (AvgIpc) is 2.77. The maximum atomic E-state index is 13.8. The third-order valence-electron chi connectivity index (χ3n) is 3.62. The summed E-state index contributed by atoms with van der Waals surface area (Å²) in [5, 5.41) is 0.362. The van der Waals surface area contributed by atoms with Crippen LogP contribution in [0, 0.1) is 5.82 Å². The number of benzene rings is 1. The van der Waals surface area contributed by atoms with Gasteiger partial charge in [0.25, 0.3) is 5.91 Å². The Bertz CT molecular complexity index is 638. The molecular weight excluding hydrogens is 275 g/mol. The van der Waals surface area contributed by atoms with Crippen LogP contribution in [0.3, 0.4) is 0 Å². The van der Waals surface area contributed by atoms with Gasteiger partial charge in [0, 0.05) is 17.3 Å². The predicted octanol–water partition coefficient (Wildman–Crippen LogP) is 3.88. The maximum Gasteiger partial charge on any atom is 0.266 e. The molecule has 20 heavy (non-hydrogen) atoms. The summed E-state index contributed by atoms with van der Waals surface area (Å²) in [5.41, 5.74) is 6.26. The van der Waals surface area contributed by atoms with E-state index in [-0.39, 0.29) is 23.5 Å². The highest BCUT2D eigenvalue weighted by molar-refractivity contribution is 7.21. The lowest BCUT2D eigenvalue weighted by Gasteiger charge is -2.26. The molecule has 0 bridgehead atoms. The molecule has 0 saturated carbocycles. The summed E-state index contributed by atoms with van der Waals surface area (Å²) in [6, 6.07) is 4.93. The molecule has 0 aliphatic heterocycles. The van der Waals surface area contributed by atoms with Crippen LogP contribution in [0.15, 0.2) is 18.2 Å². The van der Waals surface area contributed by atoms with E-state index in [0.29, 0.717) is 21.5 Å². The van der Waals surface area contributed by atoms with E-state index in [0.717, 1.165) is 6.42 Å². The third-order valence-corrected chi connectivity index (χ3v) is 4.78. The van der Waals surface area contributed by atoms with Crippen molar-refractivity contribution in [2.75, 3.05) is 12.3 Å². The van der Waals surface area contributed by atoms with Gasteiger partial charge in [-0.15, -0.1) is 11.3 Å². The van der Waals surface area contributed by atoms with Crippen LogP contribution >= 0.6 is 11.3 Å². The molecule has 1 atom stereocenters. The van der Waals surface area contributed by atoms with Crippen molar-refractivity contribution in [1.82, 2.24) is 4.90 Å². The molecule has 1 unspecified atom stereocenters. The molecule has 1 aromatic carbocycles. The highest BCUT2D eigenvalue weighted by atomic mass is 32.1. The van der Waals surface area contributed by atoms with Gasteiger partial charge in [-0.05, 0) is 32.4 Å². The van der Waals surface area contributed by atoms with Gasteiger partial charge in [0.1, 0.15) is 10.7 Å². The normalized spacial score (nSPS) is 12.6. The fraction of sp³-hybridized carbons (Fsp3) is 0.400. The number of carbonyl (C=O) groups is 1. The monoisotopic (exact) mass is 294 g/mol. The molecule has 0 spiro atoms. The van der Waals surface area contributed by atoms with Crippen molar-refractivity contribution >= 4 is 33.0 Å². The number of hydrogen-bond donors (Lipinski definition) is 1. The van der Waals surface area contributed by atoms with E-state index in [1.807, 2.05) is 20.8 Å². The minimum Gasteiger partial charge on any atom is -0.397 e. The number of carbonyl (C=O) groups excluding carboxylic acids is 1. The summed E-state index contributed by atoms with van der Waals surface area (Å²) >= 11 is 1.26. The molecule has 0 fully saturated rings. The fourth-order valence-corrected chi connectivity index (χ4v) is 3.39. The zero-order valence-electron chi connectivity index (χ0n) is 11.9. The van der Waals surface area contributed by atoms with Gasteiger partial charge in [0.15, 0.2) is 0 Å². The zero-order valence-corrected chi connectivity index (χ0v) is 12.8. The van der Waals surface area contributed by atoms with Gasteiger partial charge in [-0.2, -0.15) is 0 Å². The van der Waals surface area contributed by atoms with E-state index < -0.39 is 0 Å². The van der Waals surface area contributed by atoms with Gasteiger partial charge in [0.2, 0.25) is 0 Å². The van der Waals surface area contributed by atoms with Crippen LogP contribution < -0.4 is 5.73 Å². The first-order valence-electron chi connectivity index (χ1n) is 6.78. The minimum atomic E-state index is -0.373. The van der Waals surface area contributed by atoms with Crippen LogP contribution in [-0.4, -0.2) is 23.4 Å². The van der Waals surface area contributed by atoms with Gasteiger partial charge in [-0.1, -0.05) is 13.0 Å². The lowest BCUT2D eigenvalue weighted by molar-refractivity contribution is 0.0706. The topological polar surface area (TPSA) is 46.3 Å². The number of nitrogens with two attached hydrogens (primary N) is 1. The summed E-state index contributed by atoms with van der Waals surface area (Å²) in [5.74, 6) is -0.484. The zero-order chi connectivity index (χ0) is 14.9. The molecule has 1 heterocycles. The molecule has 1 aromatic heterocycles. The van der Waals surface area contributed by atoms with Crippen LogP contribution in [-0.2, 0) is 0 Å². The van der Waals surface area contributed by atoms with E-state index in [9.17, 15) is 9.18 Å². The van der Waals surface area contributed by atoms with Crippen LogP contribution in [0.4, 0.5) is 10.1 Å². The summed E-state index contributed by atoms with van der Waals surface area (Å²) in [6.07, 6.45) is 0.874. The van der Waals surface area contributed by atoms with Gasteiger partial charge >= 0.3 is 0 Å². The first kappa shape index (κ1) is 14.8. The molecule has 0 radical (unpaired) electrons. The molecule has 0 aliphatic carbocycles. The summed E-state index contributed by atoms with van der Waals surface area (Å²) in [7, 11) is 0. The summed E-state index contributed by atoms with van der Waals surface area (Å²) in [6.45, 7) is 6.60. The van der Waals surface area contributed by atoms with Gasteiger partial charge < -0.3 is 10.6 Å². The van der Waals surface area contributed by atoms with E-state index >= 15 is 0 Å². The van der Waals surface area contributed by atoms with Crippen molar-refractivity contribution < 1.29 is 9.18 Å². The second-order valence-electron chi connectivity index (χ2n) is 4.81. The molecule has 1 amide bonds. The molecular formula is C15H19FN2OS. The summed E-state index contributed by atoms with van der Waals surface area (Å²) in [4.78, 5) is 14.8. The molecule has 0 saturated heterocycles. The van der Waals surface area contributed by atoms with Crippen molar-refractivity contribution in [3.63, 3.8) is 0 Å². The Morgan fingerprint density at radius 2 is 2.15 bits per heavy atom. The lowest BCUT2D eigenvalue weighted by atomic mass is 10.1. The second kappa shape index (κ2) is 5.79. The van der Waals surface area contributed by atoms with Crippen LogP contribution in [0.5, 0.6) is 0 Å². The quantitative estimate of drug-likeness (QED) is 0.930. The van der Waals surface area contributed by atoms with E-state index in [2.05, 4.69) is 0 Å². The van der Waals surface area contributed by atoms with E-state index in [4.69, 9.17) is 5.73 Å². The number of anilines is 1. The Balaban J connectivity index is 2.50. The van der Waals surface area contributed by atoms with Crippen LogP contribution in [0.2, 0.25) is 0 Å². The smallest absolute Gasteiger partial charge is 0.266 e. The lowest BCUT2D eigenvalue weighted by Crippen LogP contribution is -2.37. The Kier molecular flexibility index (Phi) is 4.28. The molecule has 2 rings (SSSR count). The number of fused-ring (bicyclic) bond motifs is 1. The number of hydrogen-bond acceptors (Lipinski definition) is 3. The van der Waals surface area contributed by atoms with Crippen molar-refractivity contribution in [1.29, 1.82) is 0 Å². The number of amides is 1. The number of nitrogens with zero attached hydrogens (tertiary/aromatic N) is 1. The second-order valence-corrected chi connectivity index (χ2v) is 5.86.